The molecule has 8 heteroatoms. The lowest BCUT2D eigenvalue weighted by atomic mass is 10.1. The van der Waals surface area contributed by atoms with Crippen molar-refractivity contribution in [1.82, 2.24) is 10.2 Å². The molecule has 0 unspecified atom stereocenters. The molecule has 30 heavy (non-hydrogen) atoms. The van der Waals surface area contributed by atoms with E-state index in [4.69, 9.17) is 16.0 Å². The van der Waals surface area contributed by atoms with Crippen LogP contribution in [0.4, 0.5) is 11.7 Å². The maximum Gasteiger partial charge on any atom is 0.322 e. The zero-order chi connectivity index (χ0) is 20.9. The lowest BCUT2D eigenvalue weighted by molar-refractivity contribution is 0.101. The highest BCUT2D eigenvalue weighted by Crippen LogP contribution is 2.20. The first-order chi connectivity index (χ1) is 14.6. The number of anilines is 2. The summed E-state index contributed by atoms with van der Waals surface area (Å²) in [5.41, 5.74) is 2.11. The fraction of sp³-hybridized carbons (Fsp3) is 0. The van der Waals surface area contributed by atoms with Crippen molar-refractivity contribution in [3.8, 4) is 11.5 Å². The third-order valence-corrected chi connectivity index (χ3v) is 4.39. The van der Waals surface area contributed by atoms with Crippen LogP contribution in [-0.4, -0.2) is 22.0 Å². The second-order valence-corrected chi connectivity index (χ2v) is 6.71. The van der Waals surface area contributed by atoms with E-state index in [2.05, 4.69) is 20.8 Å². The Morgan fingerprint density at radius 3 is 2.23 bits per heavy atom. The Morgan fingerprint density at radius 1 is 0.767 bits per heavy atom. The molecule has 4 aromatic rings. The van der Waals surface area contributed by atoms with Gasteiger partial charge < -0.3 is 9.73 Å². The molecular weight excluding hydrogens is 404 g/mol. The number of rotatable bonds is 5. The SMILES string of the molecule is O=C(Nc1ccc(C(=O)Nc2nnc(-c3ccccc3)o2)cc1)c1cccc(Cl)c1. The Hall–Kier alpha value is -3.97. The van der Waals surface area contributed by atoms with Crippen LogP contribution in [0.25, 0.3) is 11.5 Å². The summed E-state index contributed by atoms with van der Waals surface area (Å²) in [6, 6.07) is 22.3. The molecule has 0 radical (unpaired) electrons. The van der Waals surface area contributed by atoms with Crippen LogP contribution in [0.15, 0.2) is 83.3 Å². The number of benzene rings is 3. The smallest absolute Gasteiger partial charge is 0.322 e. The Morgan fingerprint density at radius 2 is 1.50 bits per heavy atom. The highest BCUT2D eigenvalue weighted by atomic mass is 35.5. The van der Waals surface area contributed by atoms with E-state index in [0.717, 1.165) is 5.56 Å². The van der Waals surface area contributed by atoms with Gasteiger partial charge in [0.15, 0.2) is 0 Å². The van der Waals surface area contributed by atoms with Gasteiger partial charge in [-0.05, 0) is 54.6 Å². The first-order valence-electron chi connectivity index (χ1n) is 8.96. The molecule has 0 atom stereocenters. The monoisotopic (exact) mass is 418 g/mol. The molecule has 0 saturated carbocycles. The lowest BCUT2D eigenvalue weighted by Gasteiger charge is -2.07. The molecule has 0 spiro atoms. The number of aromatic nitrogens is 2. The molecule has 3 aromatic carbocycles. The minimum atomic E-state index is -0.411. The lowest BCUT2D eigenvalue weighted by Crippen LogP contribution is -2.14. The van der Waals surface area contributed by atoms with Crippen molar-refractivity contribution >= 4 is 35.1 Å². The molecule has 1 aromatic heterocycles. The van der Waals surface area contributed by atoms with E-state index in [1.54, 1.807) is 48.5 Å². The minimum Gasteiger partial charge on any atom is -0.403 e. The third-order valence-electron chi connectivity index (χ3n) is 4.16. The minimum absolute atomic E-state index is 0.00260. The number of nitrogens with zero attached hydrogens (tertiary/aromatic N) is 2. The fourth-order valence-corrected chi connectivity index (χ4v) is 2.87. The van der Waals surface area contributed by atoms with E-state index in [1.807, 2.05) is 30.3 Å². The van der Waals surface area contributed by atoms with Gasteiger partial charge in [-0.2, -0.15) is 0 Å². The number of nitrogens with one attached hydrogen (secondary N) is 2. The second-order valence-electron chi connectivity index (χ2n) is 6.27. The van der Waals surface area contributed by atoms with Gasteiger partial charge in [-0.3, -0.25) is 14.9 Å². The molecule has 148 valence electrons. The van der Waals surface area contributed by atoms with Crippen molar-refractivity contribution in [3.05, 3.63) is 95.0 Å². The van der Waals surface area contributed by atoms with Gasteiger partial charge in [0, 0.05) is 27.4 Å². The summed E-state index contributed by atoms with van der Waals surface area (Å²) in [7, 11) is 0. The second kappa shape index (κ2) is 8.59. The number of amides is 2. The van der Waals surface area contributed by atoms with Crippen LogP contribution in [0.2, 0.25) is 5.02 Å². The standard InChI is InChI=1S/C22H15ClN4O3/c23-17-8-4-7-16(13-17)20(29)24-18-11-9-14(10-12-18)19(28)25-22-27-26-21(30-22)15-5-2-1-3-6-15/h1-13H,(H,24,29)(H,25,27,28). The largest absolute Gasteiger partial charge is 0.403 e. The summed E-state index contributed by atoms with van der Waals surface area (Å²) in [4.78, 5) is 24.7. The molecule has 0 aliphatic rings. The number of carbonyl (C=O) groups excluding carboxylic acids is 2. The first-order valence-corrected chi connectivity index (χ1v) is 9.33. The van der Waals surface area contributed by atoms with Gasteiger partial charge in [-0.15, -0.1) is 5.10 Å². The highest BCUT2D eigenvalue weighted by Gasteiger charge is 2.13. The molecule has 2 N–H and O–H groups in total. The van der Waals surface area contributed by atoms with Crippen LogP contribution >= 0.6 is 11.6 Å². The van der Waals surface area contributed by atoms with Crippen molar-refractivity contribution in [2.75, 3.05) is 10.6 Å². The zero-order valence-electron chi connectivity index (χ0n) is 15.5. The predicted octanol–water partition coefficient (Wildman–Crippen LogP) is 4.89. The summed E-state index contributed by atoms with van der Waals surface area (Å²) in [6.45, 7) is 0. The molecule has 0 saturated heterocycles. The van der Waals surface area contributed by atoms with Crippen LogP contribution in [0.5, 0.6) is 0 Å². The summed E-state index contributed by atoms with van der Waals surface area (Å²) in [6.07, 6.45) is 0. The van der Waals surface area contributed by atoms with Gasteiger partial charge in [-0.1, -0.05) is 41.0 Å². The van der Waals surface area contributed by atoms with Crippen molar-refractivity contribution in [2.24, 2.45) is 0 Å². The van der Waals surface area contributed by atoms with Crippen molar-refractivity contribution in [3.63, 3.8) is 0 Å². The molecule has 4 rings (SSSR count). The number of halogens is 1. The summed E-state index contributed by atoms with van der Waals surface area (Å²) in [5.74, 6) is -0.398. The summed E-state index contributed by atoms with van der Waals surface area (Å²) < 4.78 is 5.47. The van der Waals surface area contributed by atoms with E-state index < -0.39 is 5.91 Å². The van der Waals surface area contributed by atoms with Gasteiger partial charge in [0.25, 0.3) is 11.8 Å². The third kappa shape index (κ3) is 4.53. The molecule has 0 bridgehead atoms. The average molecular weight is 419 g/mol. The van der Waals surface area contributed by atoms with E-state index in [1.165, 1.54) is 0 Å². The average Bonchev–Trinajstić information content (AvgIpc) is 3.23. The van der Waals surface area contributed by atoms with Crippen molar-refractivity contribution < 1.29 is 14.0 Å². The highest BCUT2D eigenvalue weighted by molar-refractivity contribution is 6.31. The fourth-order valence-electron chi connectivity index (χ4n) is 2.68. The van der Waals surface area contributed by atoms with E-state index in [-0.39, 0.29) is 11.9 Å². The number of hydrogen-bond acceptors (Lipinski definition) is 5. The first kappa shape index (κ1) is 19.4. The van der Waals surface area contributed by atoms with Gasteiger partial charge in [0.05, 0.1) is 0 Å². The van der Waals surface area contributed by atoms with Crippen LogP contribution in [0.3, 0.4) is 0 Å². The normalized spacial score (nSPS) is 10.4. The van der Waals surface area contributed by atoms with Crippen LogP contribution in [0.1, 0.15) is 20.7 Å². The molecule has 1 heterocycles. The zero-order valence-corrected chi connectivity index (χ0v) is 16.3. The van der Waals surface area contributed by atoms with Crippen LogP contribution in [0, 0.1) is 0 Å². The molecule has 2 amide bonds. The van der Waals surface area contributed by atoms with E-state index in [0.29, 0.717) is 27.7 Å². The van der Waals surface area contributed by atoms with Gasteiger partial charge >= 0.3 is 6.01 Å². The van der Waals surface area contributed by atoms with Gasteiger partial charge in [0.2, 0.25) is 5.89 Å². The molecular formula is C22H15ClN4O3. The van der Waals surface area contributed by atoms with E-state index in [9.17, 15) is 9.59 Å². The molecule has 0 fully saturated rings. The Kier molecular flexibility index (Phi) is 5.54. The molecule has 0 aliphatic heterocycles. The van der Waals surface area contributed by atoms with E-state index >= 15 is 0 Å². The Balaban J connectivity index is 1.40. The predicted molar refractivity (Wildman–Crippen MR) is 114 cm³/mol. The van der Waals surface area contributed by atoms with Crippen LogP contribution < -0.4 is 10.6 Å². The number of hydrogen-bond donors (Lipinski definition) is 2. The molecule has 7 nitrogen and oxygen atoms in total. The summed E-state index contributed by atoms with van der Waals surface area (Å²) >= 11 is 5.91. The van der Waals surface area contributed by atoms with Gasteiger partial charge in [0.1, 0.15) is 0 Å². The maximum absolute atomic E-state index is 12.4. The van der Waals surface area contributed by atoms with Gasteiger partial charge in [-0.25, -0.2) is 0 Å². The topological polar surface area (TPSA) is 97.1 Å². The summed E-state index contributed by atoms with van der Waals surface area (Å²) in [5, 5.41) is 13.6. The number of carbonyl (C=O) groups is 2. The maximum atomic E-state index is 12.4. The van der Waals surface area contributed by atoms with Crippen molar-refractivity contribution in [2.45, 2.75) is 0 Å². The quantitative estimate of drug-likeness (QED) is 0.480. The Labute approximate surface area is 176 Å². The van der Waals surface area contributed by atoms with Crippen LogP contribution in [-0.2, 0) is 0 Å². The Bertz CT molecular complexity index is 1190. The van der Waals surface area contributed by atoms with Crippen molar-refractivity contribution in [1.29, 1.82) is 0 Å². The molecule has 0 aliphatic carbocycles.